The van der Waals surface area contributed by atoms with Gasteiger partial charge in [0.15, 0.2) is 0 Å². The summed E-state index contributed by atoms with van der Waals surface area (Å²) < 4.78 is 0. The van der Waals surface area contributed by atoms with Crippen LogP contribution in [0.15, 0.2) is 18.2 Å². The Balaban J connectivity index is 2.04. The van der Waals surface area contributed by atoms with E-state index in [4.69, 9.17) is 11.6 Å². The number of aromatic hydroxyl groups is 1. The second-order valence-electron chi connectivity index (χ2n) is 4.24. The van der Waals surface area contributed by atoms with Gasteiger partial charge in [0, 0.05) is 30.2 Å². The first-order valence-electron chi connectivity index (χ1n) is 5.53. The molecule has 0 saturated carbocycles. The van der Waals surface area contributed by atoms with Crippen molar-refractivity contribution in [2.24, 2.45) is 0 Å². The number of likely N-dealkylation sites (tertiary alicyclic amines) is 1. The Morgan fingerprint density at radius 3 is 2.62 bits per heavy atom. The van der Waals surface area contributed by atoms with Crippen molar-refractivity contribution in [3.8, 4) is 5.75 Å². The van der Waals surface area contributed by atoms with Gasteiger partial charge in [0.2, 0.25) is 0 Å². The predicted octanol–water partition coefficient (Wildman–Crippen LogP) is 2.00. The van der Waals surface area contributed by atoms with Crippen molar-refractivity contribution in [3.63, 3.8) is 0 Å². The molecule has 1 aliphatic rings. The lowest BCUT2D eigenvalue weighted by molar-refractivity contribution is 0.0789. The number of aliphatic hydroxyl groups is 1. The highest BCUT2D eigenvalue weighted by atomic mass is 35.5. The lowest BCUT2D eigenvalue weighted by atomic mass is 10.1. The molecule has 1 fully saturated rings. The summed E-state index contributed by atoms with van der Waals surface area (Å²) >= 11 is 6.04. The largest absolute Gasteiger partial charge is 0.508 e. The van der Waals surface area contributed by atoms with Gasteiger partial charge in [0.1, 0.15) is 5.75 Å². The fourth-order valence-corrected chi connectivity index (χ4v) is 2.23. The van der Waals surface area contributed by atoms with E-state index >= 15 is 0 Å². The quantitative estimate of drug-likeness (QED) is 0.833. The number of piperidine rings is 1. The average molecular weight is 242 g/mol. The summed E-state index contributed by atoms with van der Waals surface area (Å²) in [7, 11) is 0. The van der Waals surface area contributed by atoms with Gasteiger partial charge >= 0.3 is 0 Å². The summed E-state index contributed by atoms with van der Waals surface area (Å²) in [6.45, 7) is 2.36. The second-order valence-corrected chi connectivity index (χ2v) is 4.65. The minimum atomic E-state index is -0.170. The molecule has 1 aliphatic heterocycles. The van der Waals surface area contributed by atoms with E-state index < -0.39 is 0 Å². The molecular weight excluding hydrogens is 226 g/mol. The predicted molar refractivity (Wildman–Crippen MR) is 63.6 cm³/mol. The van der Waals surface area contributed by atoms with Crippen molar-refractivity contribution in [2.75, 3.05) is 13.1 Å². The first-order valence-corrected chi connectivity index (χ1v) is 5.91. The van der Waals surface area contributed by atoms with Crippen molar-refractivity contribution >= 4 is 11.6 Å². The van der Waals surface area contributed by atoms with E-state index in [2.05, 4.69) is 4.90 Å². The van der Waals surface area contributed by atoms with Crippen LogP contribution in [0.4, 0.5) is 0 Å². The molecule has 0 radical (unpaired) electrons. The monoisotopic (exact) mass is 241 g/mol. The van der Waals surface area contributed by atoms with Crippen LogP contribution in [0.1, 0.15) is 18.4 Å². The zero-order chi connectivity index (χ0) is 11.5. The zero-order valence-electron chi connectivity index (χ0n) is 9.06. The topological polar surface area (TPSA) is 43.7 Å². The fraction of sp³-hybridized carbons (Fsp3) is 0.500. The normalized spacial score (nSPS) is 18.9. The molecule has 4 heteroatoms. The van der Waals surface area contributed by atoms with Gasteiger partial charge in [-0.1, -0.05) is 17.7 Å². The Hall–Kier alpha value is -0.770. The molecule has 1 saturated heterocycles. The molecule has 16 heavy (non-hydrogen) atoms. The standard InChI is InChI=1S/C12H16ClNO2/c13-11-2-1-3-12(16)10(11)8-14-6-4-9(15)5-7-14/h1-3,9,15-16H,4-8H2. The minimum absolute atomic E-state index is 0.170. The Morgan fingerprint density at radius 2 is 2.00 bits per heavy atom. The third kappa shape index (κ3) is 2.67. The summed E-state index contributed by atoms with van der Waals surface area (Å²) in [4.78, 5) is 2.20. The third-order valence-electron chi connectivity index (χ3n) is 3.03. The number of hydrogen-bond acceptors (Lipinski definition) is 3. The number of benzene rings is 1. The summed E-state index contributed by atoms with van der Waals surface area (Å²) in [6, 6.07) is 5.18. The van der Waals surface area contributed by atoms with Crippen molar-refractivity contribution in [2.45, 2.75) is 25.5 Å². The summed E-state index contributed by atoms with van der Waals surface area (Å²) in [5.41, 5.74) is 0.778. The lowest BCUT2D eigenvalue weighted by Gasteiger charge is -2.29. The SMILES string of the molecule is Oc1cccc(Cl)c1CN1CCC(O)CC1. The molecular formula is C12H16ClNO2. The Labute approximate surface area is 100 Å². The van der Waals surface area contributed by atoms with Gasteiger partial charge in [-0.2, -0.15) is 0 Å². The van der Waals surface area contributed by atoms with E-state index in [0.717, 1.165) is 31.5 Å². The van der Waals surface area contributed by atoms with Crippen LogP contribution >= 0.6 is 11.6 Å². The van der Waals surface area contributed by atoms with Crippen LogP contribution in [0.5, 0.6) is 5.75 Å². The van der Waals surface area contributed by atoms with E-state index in [1.165, 1.54) is 0 Å². The Morgan fingerprint density at radius 1 is 1.31 bits per heavy atom. The number of nitrogens with zero attached hydrogens (tertiary/aromatic N) is 1. The van der Waals surface area contributed by atoms with Crippen LogP contribution in [0.25, 0.3) is 0 Å². The molecule has 0 spiro atoms. The van der Waals surface area contributed by atoms with Crippen molar-refractivity contribution in [1.82, 2.24) is 4.90 Å². The number of halogens is 1. The molecule has 0 aromatic heterocycles. The van der Waals surface area contributed by atoms with Gasteiger partial charge in [0.05, 0.1) is 6.10 Å². The Kier molecular flexibility index (Phi) is 3.69. The first-order chi connectivity index (χ1) is 7.66. The zero-order valence-corrected chi connectivity index (χ0v) is 9.82. The highest BCUT2D eigenvalue weighted by molar-refractivity contribution is 6.31. The van der Waals surface area contributed by atoms with E-state index in [9.17, 15) is 10.2 Å². The molecule has 0 unspecified atom stereocenters. The van der Waals surface area contributed by atoms with Gasteiger partial charge < -0.3 is 10.2 Å². The van der Waals surface area contributed by atoms with Gasteiger partial charge in [-0.15, -0.1) is 0 Å². The number of phenols is 1. The fourth-order valence-electron chi connectivity index (χ4n) is 2.00. The molecule has 1 aromatic carbocycles. The van der Waals surface area contributed by atoms with Crippen molar-refractivity contribution in [1.29, 1.82) is 0 Å². The first kappa shape index (κ1) is 11.7. The van der Waals surface area contributed by atoms with E-state index in [1.54, 1.807) is 18.2 Å². The minimum Gasteiger partial charge on any atom is -0.508 e. The second kappa shape index (κ2) is 5.04. The third-order valence-corrected chi connectivity index (χ3v) is 3.39. The molecule has 0 amide bonds. The van der Waals surface area contributed by atoms with E-state index in [0.29, 0.717) is 11.6 Å². The summed E-state index contributed by atoms with van der Waals surface area (Å²) in [6.07, 6.45) is 1.42. The van der Waals surface area contributed by atoms with Crippen LogP contribution in [-0.4, -0.2) is 34.3 Å². The average Bonchev–Trinajstić information content (AvgIpc) is 2.26. The van der Waals surface area contributed by atoms with Gasteiger partial charge in [-0.05, 0) is 25.0 Å². The van der Waals surface area contributed by atoms with E-state index in [-0.39, 0.29) is 11.9 Å². The molecule has 2 N–H and O–H groups in total. The molecule has 2 rings (SSSR count). The van der Waals surface area contributed by atoms with Crippen molar-refractivity contribution in [3.05, 3.63) is 28.8 Å². The van der Waals surface area contributed by atoms with Crippen LogP contribution in [0, 0.1) is 0 Å². The highest BCUT2D eigenvalue weighted by Gasteiger charge is 2.18. The Bertz CT molecular complexity index is 342. The highest BCUT2D eigenvalue weighted by Crippen LogP contribution is 2.27. The summed E-state index contributed by atoms with van der Waals surface area (Å²) in [5, 5.41) is 19.7. The van der Waals surface area contributed by atoms with Crippen LogP contribution in [0.3, 0.4) is 0 Å². The van der Waals surface area contributed by atoms with Crippen LogP contribution < -0.4 is 0 Å². The number of rotatable bonds is 2. The molecule has 1 heterocycles. The van der Waals surface area contributed by atoms with E-state index in [1.807, 2.05) is 0 Å². The lowest BCUT2D eigenvalue weighted by Crippen LogP contribution is -2.35. The molecule has 1 aromatic rings. The summed E-state index contributed by atoms with van der Waals surface area (Å²) in [5.74, 6) is 0.249. The maximum absolute atomic E-state index is 9.71. The maximum Gasteiger partial charge on any atom is 0.121 e. The number of hydrogen-bond donors (Lipinski definition) is 2. The maximum atomic E-state index is 9.71. The van der Waals surface area contributed by atoms with Crippen LogP contribution in [-0.2, 0) is 6.54 Å². The van der Waals surface area contributed by atoms with Gasteiger partial charge in [-0.25, -0.2) is 0 Å². The molecule has 3 nitrogen and oxygen atoms in total. The van der Waals surface area contributed by atoms with Crippen molar-refractivity contribution < 1.29 is 10.2 Å². The van der Waals surface area contributed by atoms with Gasteiger partial charge in [-0.3, -0.25) is 4.90 Å². The van der Waals surface area contributed by atoms with Gasteiger partial charge in [0.25, 0.3) is 0 Å². The smallest absolute Gasteiger partial charge is 0.121 e. The number of phenolic OH excluding ortho intramolecular Hbond substituents is 1. The van der Waals surface area contributed by atoms with Crippen LogP contribution in [0.2, 0.25) is 5.02 Å². The molecule has 88 valence electrons. The number of aliphatic hydroxyl groups excluding tert-OH is 1. The molecule has 0 aliphatic carbocycles. The molecule has 0 bridgehead atoms. The molecule has 0 atom stereocenters.